The summed E-state index contributed by atoms with van der Waals surface area (Å²) in [7, 11) is -3.69. The number of hydrogen-bond donors (Lipinski definition) is 1. The first-order valence-electron chi connectivity index (χ1n) is 8.17. The Morgan fingerprint density at radius 1 is 1.00 bits per heavy atom. The van der Waals surface area contributed by atoms with Gasteiger partial charge in [0.2, 0.25) is 0 Å². The molecule has 1 aromatic rings. The first-order valence-corrected chi connectivity index (χ1v) is 10.7. The molecule has 1 rings (SSSR count). The second-order valence-corrected chi connectivity index (χ2v) is 10.1. The summed E-state index contributed by atoms with van der Waals surface area (Å²) in [6, 6.07) is 6.64. The van der Waals surface area contributed by atoms with Gasteiger partial charge in [-0.25, -0.2) is 4.57 Å². The van der Waals surface area contributed by atoms with Crippen LogP contribution in [0.1, 0.15) is 66.5 Å². The van der Waals surface area contributed by atoms with Crippen LogP contribution in [0.3, 0.4) is 0 Å². The highest BCUT2D eigenvalue weighted by molar-refractivity contribution is 14.1. The third-order valence-electron chi connectivity index (χ3n) is 3.16. The van der Waals surface area contributed by atoms with Crippen molar-refractivity contribution in [3.8, 4) is 0 Å². The second kappa shape index (κ2) is 9.67. The van der Waals surface area contributed by atoms with Crippen molar-refractivity contribution in [2.24, 2.45) is 0 Å². The maximum absolute atomic E-state index is 10.5. The number of phosphoric acid groups is 1. The summed E-state index contributed by atoms with van der Waals surface area (Å²) in [4.78, 5) is 8.63. The molecular formula is C18H32IO4P. The molecule has 0 aliphatic carbocycles. The van der Waals surface area contributed by atoms with Crippen molar-refractivity contribution >= 4 is 30.4 Å². The van der Waals surface area contributed by atoms with Crippen molar-refractivity contribution in [2.45, 2.75) is 66.2 Å². The summed E-state index contributed by atoms with van der Waals surface area (Å²) in [5, 5.41) is 0. The average molecular weight is 470 g/mol. The minimum absolute atomic E-state index is 0.188. The van der Waals surface area contributed by atoms with Gasteiger partial charge in [-0.05, 0) is 64.5 Å². The number of halogens is 1. The molecule has 0 unspecified atom stereocenters. The van der Waals surface area contributed by atoms with Crippen LogP contribution in [0.5, 0.6) is 0 Å². The lowest BCUT2D eigenvalue weighted by molar-refractivity contribution is 0.161. The Kier molecular flexibility index (Phi) is 9.70. The van der Waals surface area contributed by atoms with Crippen LogP contribution in [0.15, 0.2) is 18.2 Å². The molecule has 1 aromatic carbocycles. The maximum Gasteiger partial charge on any atom is 0.472 e. The van der Waals surface area contributed by atoms with Crippen molar-refractivity contribution in [3.05, 3.63) is 32.9 Å². The van der Waals surface area contributed by atoms with E-state index in [9.17, 15) is 4.57 Å². The molecule has 0 heterocycles. The molecule has 0 spiro atoms. The van der Waals surface area contributed by atoms with E-state index in [0.29, 0.717) is 0 Å². The Balaban J connectivity index is 0.000000506. The average Bonchev–Trinajstić information content (AvgIpc) is 2.36. The van der Waals surface area contributed by atoms with E-state index in [1.165, 1.54) is 14.7 Å². The zero-order valence-electron chi connectivity index (χ0n) is 16.1. The van der Waals surface area contributed by atoms with E-state index >= 15 is 0 Å². The fourth-order valence-corrected chi connectivity index (χ4v) is 4.31. The van der Waals surface area contributed by atoms with Crippen LogP contribution < -0.4 is 0 Å². The van der Waals surface area contributed by atoms with Gasteiger partial charge in [0.05, 0.1) is 13.2 Å². The third-order valence-corrected chi connectivity index (χ3v) is 5.22. The largest absolute Gasteiger partial charge is 0.472 e. The summed E-state index contributed by atoms with van der Waals surface area (Å²) >= 11 is 2.45. The number of rotatable bonds is 4. The van der Waals surface area contributed by atoms with Crippen LogP contribution in [0.25, 0.3) is 0 Å². The fourth-order valence-electron chi connectivity index (χ4n) is 2.27. The first kappa shape index (κ1) is 24.1. The zero-order valence-corrected chi connectivity index (χ0v) is 19.2. The molecule has 0 saturated carbocycles. The van der Waals surface area contributed by atoms with Crippen molar-refractivity contribution < 1.29 is 18.5 Å². The fraction of sp³-hybridized carbons (Fsp3) is 0.667. The van der Waals surface area contributed by atoms with Crippen LogP contribution in [0, 0.1) is 3.57 Å². The molecule has 0 aromatic heterocycles. The smallest absolute Gasteiger partial charge is 0.302 e. The Labute approximate surface area is 161 Å². The van der Waals surface area contributed by atoms with Crippen LogP contribution >= 0.6 is 30.4 Å². The Bertz CT molecular complexity index is 549. The van der Waals surface area contributed by atoms with Gasteiger partial charge in [0.25, 0.3) is 0 Å². The van der Waals surface area contributed by atoms with E-state index < -0.39 is 7.82 Å². The molecule has 0 aliphatic heterocycles. The molecule has 24 heavy (non-hydrogen) atoms. The molecule has 0 fully saturated rings. The second-order valence-electron chi connectivity index (χ2n) is 7.47. The third kappa shape index (κ3) is 8.43. The normalized spacial score (nSPS) is 12.6. The predicted molar refractivity (Wildman–Crippen MR) is 110 cm³/mol. The van der Waals surface area contributed by atoms with Gasteiger partial charge in [-0.15, -0.1) is 0 Å². The van der Waals surface area contributed by atoms with Crippen LogP contribution in [0.2, 0.25) is 0 Å². The summed E-state index contributed by atoms with van der Waals surface area (Å²) in [6.45, 7) is 17.4. The maximum atomic E-state index is 10.5. The van der Waals surface area contributed by atoms with Crippen molar-refractivity contribution in [2.75, 3.05) is 13.2 Å². The first-order chi connectivity index (χ1) is 10.8. The summed E-state index contributed by atoms with van der Waals surface area (Å²) in [5.41, 5.74) is 3.42. The van der Waals surface area contributed by atoms with Gasteiger partial charge in [0.15, 0.2) is 0 Å². The molecule has 4 nitrogen and oxygen atoms in total. The van der Waals surface area contributed by atoms with Crippen LogP contribution in [0.4, 0.5) is 0 Å². The van der Waals surface area contributed by atoms with Gasteiger partial charge in [0.1, 0.15) is 0 Å². The predicted octanol–water partition coefficient (Wildman–Crippen LogP) is 6.05. The lowest BCUT2D eigenvalue weighted by Crippen LogP contribution is -2.23. The minimum atomic E-state index is -3.69. The van der Waals surface area contributed by atoms with Gasteiger partial charge in [-0.3, -0.25) is 9.05 Å². The molecular weight excluding hydrogens is 438 g/mol. The highest BCUT2D eigenvalue weighted by Gasteiger charge is 2.26. The monoisotopic (exact) mass is 470 g/mol. The van der Waals surface area contributed by atoms with Crippen molar-refractivity contribution in [3.63, 3.8) is 0 Å². The lowest BCUT2D eigenvalue weighted by atomic mass is 9.75. The SMILES string of the molecule is CC(C)(C)c1cccc(I)c1C(C)(C)C.CCOP(=O)(O)OCC. The number of phosphoric ester groups is 1. The van der Waals surface area contributed by atoms with Crippen LogP contribution in [-0.4, -0.2) is 18.1 Å². The molecule has 1 N–H and O–H groups in total. The quantitative estimate of drug-likeness (QED) is 0.430. The molecule has 0 amide bonds. The van der Waals surface area contributed by atoms with Gasteiger partial charge in [-0.1, -0.05) is 53.7 Å². The molecule has 6 heteroatoms. The molecule has 0 aliphatic rings. The van der Waals surface area contributed by atoms with Crippen molar-refractivity contribution in [1.82, 2.24) is 0 Å². The Morgan fingerprint density at radius 3 is 1.75 bits per heavy atom. The number of hydrogen-bond acceptors (Lipinski definition) is 3. The van der Waals surface area contributed by atoms with Gasteiger partial charge in [-0.2, -0.15) is 0 Å². The van der Waals surface area contributed by atoms with E-state index in [2.05, 4.69) is 91.4 Å². The van der Waals surface area contributed by atoms with E-state index in [4.69, 9.17) is 4.89 Å². The van der Waals surface area contributed by atoms with Gasteiger partial charge >= 0.3 is 7.82 Å². The van der Waals surface area contributed by atoms with E-state index in [0.717, 1.165) is 0 Å². The minimum Gasteiger partial charge on any atom is -0.302 e. The standard InChI is InChI=1S/C14H21I.C4H11O4P/c1-13(2,3)10-8-7-9-11(15)12(10)14(4,5)6;1-3-7-9(5,6)8-4-2/h7-9H,1-6H3;3-4H2,1-2H3,(H,5,6). The molecule has 140 valence electrons. The van der Waals surface area contributed by atoms with Gasteiger partial charge < -0.3 is 4.89 Å². The lowest BCUT2D eigenvalue weighted by Gasteiger charge is -2.31. The highest BCUT2D eigenvalue weighted by Crippen LogP contribution is 2.42. The Morgan fingerprint density at radius 2 is 1.46 bits per heavy atom. The Hall–Kier alpha value is 0.0600. The van der Waals surface area contributed by atoms with Crippen LogP contribution in [-0.2, 0) is 24.4 Å². The topological polar surface area (TPSA) is 55.8 Å². The van der Waals surface area contributed by atoms with E-state index in [-0.39, 0.29) is 24.0 Å². The zero-order chi connectivity index (χ0) is 19.2. The molecule has 0 saturated heterocycles. The molecule has 0 atom stereocenters. The summed E-state index contributed by atoms with van der Waals surface area (Å²) < 4.78 is 20.6. The molecule has 0 bridgehead atoms. The number of benzene rings is 1. The summed E-state index contributed by atoms with van der Waals surface area (Å²) in [5.74, 6) is 0. The molecule has 0 radical (unpaired) electrons. The van der Waals surface area contributed by atoms with E-state index in [1.807, 2.05) is 0 Å². The van der Waals surface area contributed by atoms with E-state index in [1.54, 1.807) is 13.8 Å². The highest BCUT2D eigenvalue weighted by atomic mass is 127. The summed E-state index contributed by atoms with van der Waals surface area (Å²) in [6.07, 6.45) is 0. The van der Waals surface area contributed by atoms with Crippen molar-refractivity contribution in [1.29, 1.82) is 0 Å². The van der Waals surface area contributed by atoms with Gasteiger partial charge in [0, 0.05) is 3.57 Å².